The van der Waals surface area contributed by atoms with Crippen molar-refractivity contribution in [2.45, 2.75) is 45.8 Å². The number of benzene rings is 1. The maximum atomic E-state index is 5.85. The molecule has 1 fully saturated rings. The highest BCUT2D eigenvalue weighted by molar-refractivity contribution is 14.0. The van der Waals surface area contributed by atoms with E-state index < -0.39 is 0 Å². The Balaban J connectivity index is 0.00000261. The van der Waals surface area contributed by atoms with Crippen molar-refractivity contribution in [3.63, 3.8) is 0 Å². The smallest absolute Gasteiger partial charge is 0.191 e. The van der Waals surface area contributed by atoms with Gasteiger partial charge in [0.1, 0.15) is 0 Å². The van der Waals surface area contributed by atoms with Crippen molar-refractivity contribution in [1.29, 1.82) is 0 Å². The third kappa shape index (κ3) is 5.93. The summed E-state index contributed by atoms with van der Waals surface area (Å²) in [5.41, 5.74) is 3.10. The van der Waals surface area contributed by atoms with Crippen molar-refractivity contribution >= 4 is 29.9 Å². The number of rotatable bonds is 6. The summed E-state index contributed by atoms with van der Waals surface area (Å²) in [6.07, 6.45) is 4.20. The summed E-state index contributed by atoms with van der Waals surface area (Å²) < 4.78 is 7.76. The predicted octanol–water partition coefficient (Wildman–Crippen LogP) is 3.42. The highest BCUT2D eigenvalue weighted by Gasteiger charge is 2.29. The van der Waals surface area contributed by atoms with Crippen LogP contribution in [0, 0.1) is 6.92 Å². The first-order valence-corrected chi connectivity index (χ1v) is 9.36. The summed E-state index contributed by atoms with van der Waals surface area (Å²) in [7, 11) is 0. The van der Waals surface area contributed by atoms with Gasteiger partial charge < -0.3 is 15.4 Å². The van der Waals surface area contributed by atoms with E-state index in [0.717, 1.165) is 55.4 Å². The number of hydrogen-bond acceptors (Lipinski definition) is 3. The van der Waals surface area contributed by atoms with E-state index in [0.29, 0.717) is 6.54 Å². The fourth-order valence-electron chi connectivity index (χ4n) is 3.17. The van der Waals surface area contributed by atoms with Crippen LogP contribution in [0.4, 0.5) is 0 Å². The summed E-state index contributed by atoms with van der Waals surface area (Å²) >= 11 is 0. The molecule has 2 aromatic rings. The highest BCUT2D eigenvalue weighted by atomic mass is 127. The number of nitrogens with one attached hydrogen (secondary N) is 2. The quantitative estimate of drug-likeness (QED) is 0.376. The molecule has 3 rings (SSSR count). The van der Waals surface area contributed by atoms with Gasteiger partial charge in [-0.25, -0.2) is 9.67 Å². The normalized spacial score (nSPS) is 19.6. The number of aliphatic imine (C=N–C) groups is 1. The van der Waals surface area contributed by atoms with Gasteiger partial charge in [-0.1, -0.05) is 18.2 Å². The van der Waals surface area contributed by atoms with Gasteiger partial charge in [-0.15, -0.1) is 24.0 Å². The van der Waals surface area contributed by atoms with E-state index in [9.17, 15) is 0 Å². The number of aromatic nitrogens is 2. The molecule has 1 atom stereocenters. The van der Waals surface area contributed by atoms with Crippen LogP contribution >= 0.6 is 24.0 Å². The van der Waals surface area contributed by atoms with Gasteiger partial charge in [-0.05, 0) is 51.3 Å². The van der Waals surface area contributed by atoms with E-state index >= 15 is 0 Å². The van der Waals surface area contributed by atoms with E-state index in [1.807, 2.05) is 36.0 Å². The molecule has 148 valence electrons. The predicted molar refractivity (Wildman–Crippen MR) is 120 cm³/mol. The Morgan fingerprint density at radius 1 is 1.30 bits per heavy atom. The van der Waals surface area contributed by atoms with E-state index in [1.54, 1.807) is 0 Å². The Morgan fingerprint density at radius 2 is 2.11 bits per heavy atom. The van der Waals surface area contributed by atoms with Crippen molar-refractivity contribution in [2.75, 3.05) is 19.7 Å². The van der Waals surface area contributed by atoms with Gasteiger partial charge in [0.2, 0.25) is 0 Å². The zero-order valence-corrected chi connectivity index (χ0v) is 18.7. The molecule has 0 saturated carbocycles. The Hall–Kier alpha value is -1.61. The highest BCUT2D eigenvalue weighted by Crippen LogP contribution is 2.23. The number of hydrogen-bond donors (Lipinski definition) is 2. The number of halogens is 1. The number of para-hydroxylation sites is 1. The molecule has 0 amide bonds. The van der Waals surface area contributed by atoms with Gasteiger partial charge in [-0.3, -0.25) is 0 Å². The van der Waals surface area contributed by atoms with Crippen LogP contribution in [-0.4, -0.2) is 41.0 Å². The first-order valence-electron chi connectivity index (χ1n) is 9.36. The number of nitrogens with zero attached hydrogens (tertiary/aromatic N) is 3. The molecule has 1 aliphatic heterocycles. The standard InChI is InChI=1S/C20H29N5O.HI/c1-4-21-19(23-15-20(3)11-7-13-26-20)22-14-17-8-5-6-9-18(17)25-12-10-16(2)24-25;/h5-6,8-10,12H,4,7,11,13-15H2,1-3H3,(H2,21,22,23);1H. The zero-order chi connectivity index (χ0) is 18.4. The summed E-state index contributed by atoms with van der Waals surface area (Å²) in [6.45, 7) is 9.25. The third-order valence-electron chi connectivity index (χ3n) is 4.64. The molecule has 1 aromatic heterocycles. The monoisotopic (exact) mass is 483 g/mol. The van der Waals surface area contributed by atoms with Crippen LogP contribution in [0.1, 0.15) is 37.9 Å². The molecule has 2 heterocycles. The van der Waals surface area contributed by atoms with Crippen molar-refractivity contribution in [3.05, 3.63) is 47.8 Å². The second kappa shape index (κ2) is 10.1. The number of guanidine groups is 1. The van der Waals surface area contributed by atoms with Crippen LogP contribution in [0.15, 0.2) is 41.5 Å². The molecular weight excluding hydrogens is 453 g/mol. The molecule has 7 heteroatoms. The Kier molecular flexibility index (Phi) is 8.09. The number of ether oxygens (including phenoxy) is 1. The van der Waals surface area contributed by atoms with Crippen molar-refractivity contribution in [3.8, 4) is 5.69 Å². The maximum Gasteiger partial charge on any atom is 0.191 e. The van der Waals surface area contributed by atoms with Gasteiger partial charge in [0.25, 0.3) is 0 Å². The van der Waals surface area contributed by atoms with Crippen molar-refractivity contribution < 1.29 is 4.74 Å². The van der Waals surface area contributed by atoms with Crippen LogP contribution in [0.25, 0.3) is 5.69 Å². The minimum absolute atomic E-state index is 0. The molecule has 0 radical (unpaired) electrons. The second-order valence-electron chi connectivity index (χ2n) is 6.98. The Bertz CT molecular complexity index is 752. The van der Waals surface area contributed by atoms with Crippen molar-refractivity contribution in [1.82, 2.24) is 20.4 Å². The van der Waals surface area contributed by atoms with Gasteiger partial charge in [0, 0.05) is 25.9 Å². The van der Waals surface area contributed by atoms with Crippen LogP contribution < -0.4 is 10.6 Å². The number of aryl methyl sites for hydroxylation is 1. The minimum Gasteiger partial charge on any atom is -0.373 e. The van der Waals surface area contributed by atoms with Crippen LogP contribution in [-0.2, 0) is 11.3 Å². The summed E-state index contributed by atoms with van der Waals surface area (Å²) in [5.74, 6) is 0.815. The molecule has 1 aromatic carbocycles. The largest absolute Gasteiger partial charge is 0.373 e. The molecule has 1 unspecified atom stereocenters. The van der Waals surface area contributed by atoms with Gasteiger partial charge in [-0.2, -0.15) is 5.10 Å². The molecule has 27 heavy (non-hydrogen) atoms. The molecule has 0 bridgehead atoms. The summed E-state index contributed by atoms with van der Waals surface area (Å²) in [5, 5.41) is 11.3. The topological polar surface area (TPSA) is 63.5 Å². The lowest BCUT2D eigenvalue weighted by molar-refractivity contribution is 0.0243. The van der Waals surface area contributed by atoms with Crippen LogP contribution in [0.2, 0.25) is 0 Å². The molecule has 2 N–H and O–H groups in total. The van der Waals surface area contributed by atoms with Gasteiger partial charge in [0.15, 0.2) is 5.96 Å². The Morgan fingerprint density at radius 3 is 2.78 bits per heavy atom. The van der Waals surface area contributed by atoms with E-state index in [1.165, 1.54) is 0 Å². The second-order valence-corrected chi connectivity index (χ2v) is 6.98. The molecule has 0 aliphatic carbocycles. The maximum absolute atomic E-state index is 5.85. The van der Waals surface area contributed by atoms with Crippen molar-refractivity contribution in [2.24, 2.45) is 4.99 Å². The van der Waals surface area contributed by atoms with Crippen LogP contribution in [0.5, 0.6) is 0 Å². The van der Waals surface area contributed by atoms with Crippen LogP contribution in [0.3, 0.4) is 0 Å². The molecular formula is C20H30IN5O. The lowest BCUT2D eigenvalue weighted by atomic mass is 10.0. The fraction of sp³-hybridized carbons (Fsp3) is 0.500. The first kappa shape index (κ1) is 21.7. The first-order chi connectivity index (χ1) is 12.6. The van der Waals surface area contributed by atoms with Gasteiger partial charge in [0.05, 0.1) is 23.5 Å². The SMILES string of the molecule is CCNC(=NCc1ccccc1-n1ccc(C)n1)NCC1(C)CCCO1.I. The Labute approximate surface area is 178 Å². The van der Waals surface area contributed by atoms with E-state index in [2.05, 4.69) is 41.7 Å². The average Bonchev–Trinajstić information content (AvgIpc) is 3.27. The van der Waals surface area contributed by atoms with E-state index in [4.69, 9.17) is 9.73 Å². The average molecular weight is 483 g/mol. The van der Waals surface area contributed by atoms with E-state index in [-0.39, 0.29) is 29.6 Å². The molecule has 0 spiro atoms. The zero-order valence-electron chi connectivity index (χ0n) is 16.4. The minimum atomic E-state index is -0.0965. The molecule has 1 saturated heterocycles. The molecule has 1 aliphatic rings. The fourth-order valence-corrected chi connectivity index (χ4v) is 3.17. The van der Waals surface area contributed by atoms with Gasteiger partial charge >= 0.3 is 0 Å². The lowest BCUT2D eigenvalue weighted by Crippen LogP contribution is -2.45. The summed E-state index contributed by atoms with van der Waals surface area (Å²) in [4.78, 5) is 4.77. The third-order valence-corrected chi connectivity index (χ3v) is 4.64. The lowest BCUT2D eigenvalue weighted by Gasteiger charge is -2.24. The summed E-state index contributed by atoms with van der Waals surface area (Å²) in [6, 6.07) is 10.2. The molecule has 6 nitrogen and oxygen atoms in total.